The van der Waals surface area contributed by atoms with Gasteiger partial charge in [-0.3, -0.25) is 4.79 Å². The minimum atomic E-state index is -1.86. The summed E-state index contributed by atoms with van der Waals surface area (Å²) in [4.78, 5) is 11.6. The van der Waals surface area contributed by atoms with Crippen molar-refractivity contribution in [1.82, 2.24) is 0 Å². The third kappa shape index (κ3) is 6.54. The number of aliphatic hydroxyl groups is 1. The minimum Gasteiger partial charge on any atom is -0.462 e. The normalized spacial score (nSPS) is 15.2. The second-order valence-electron chi connectivity index (χ2n) is 7.57. The first kappa shape index (κ1) is 18.6. The third-order valence-electron chi connectivity index (χ3n) is 3.46. The molecular formula is C14H30O4Si. The molecule has 0 aliphatic rings. The Balaban J connectivity index is 4.15. The molecule has 0 rings (SSSR count). The maximum atomic E-state index is 11.6. The van der Waals surface area contributed by atoms with Gasteiger partial charge < -0.3 is 14.3 Å². The van der Waals surface area contributed by atoms with E-state index in [-0.39, 0.29) is 24.2 Å². The van der Waals surface area contributed by atoms with Gasteiger partial charge in [0.2, 0.25) is 0 Å². The predicted octanol–water partition coefficient (Wildman–Crippen LogP) is 2.96. The van der Waals surface area contributed by atoms with Crippen molar-refractivity contribution >= 4 is 14.3 Å². The van der Waals surface area contributed by atoms with Gasteiger partial charge in [-0.25, -0.2) is 0 Å². The zero-order valence-electron chi connectivity index (χ0n) is 13.7. The van der Waals surface area contributed by atoms with E-state index in [0.29, 0.717) is 0 Å². The molecule has 0 unspecified atom stereocenters. The van der Waals surface area contributed by atoms with Gasteiger partial charge in [-0.05, 0) is 38.9 Å². The SMILES string of the molecule is CC(C)(C)C(=O)OC[C@@H](O)CO[Si](C)(C)C(C)(C)C. The van der Waals surface area contributed by atoms with Crippen LogP contribution in [0.1, 0.15) is 41.5 Å². The first-order valence-electron chi connectivity index (χ1n) is 6.76. The molecule has 0 aliphatic carbocycles. The van der Waals surface area contributed by atoms with Crippen molar-refractivity contribution in [3.8, 4) is 0 Å². The highest BCUT2D eigenvalue weighted by atomic mass is 28.4. The van der Waals surface area contributed by atoms with Gasteiger partial charge in [0.05, 0.1) is 12.0 Å². The van der Waals surface area contributed by atoms with Crippen molar-refractivity contribution in [2.75, 3.05) is 13.2 Å². The van der Waals surface area contributed by atoms with Crippen molar-refractivity contribution in [2.45, 2.75) is 65.8 Å². The molecule has 0 saturated carbocycles. The molecule has 0 spiro atoms. The lowest BCUT2D eigenvalue weighted by Crippen LogP contribution is -2.43. The van der Waals surface area contributed by atoms with Gasteiger partial charge in [0.25, 0.3) is 0 Å². The highest BCUT2D eigenvalue weighted by Crippen LogP contribution is 2.36. The molecule has 0 aromatic rings. The molecule has 0 aliphatic heterocycles. The first-order chi connectivity index (χ1) is 8.27. The number of hydrogen-bond donors (Lipinski definition) is 1. The average molecular weight is 290 g/mol. The molecule has 0 radical (unpaired) electrons. The number of carbonyl (C=O) groups excluding carboxylic acids is 1. The van der Waals surface area contributed by atoms with E-state index in [2.05, 4.69) is 33.9 Å². The Morgan fingerprint density at radius 1 is 1.11 bits per heavy atom. The lowest BCUT2D eigenvalue weighted by Gasteiger charge is -2.36. The first-order valence-corrected chi connectivity index (χ1v) is 9.67. The molecule has 0 heterocycles. The number of hydrogen-bond acceptors (Lipinski definition) is 4. The van der Waals surface area contributed by atoms with Gasteiger partial charge in [-0.2, -0.15) is 0 Å². The Kier molecular flexibility index (Phi) is 6.24. The van der Waals surface area contributed by atoms with E-state index < -0.39 is 19.8 Å². The fourth-order valence-electron chi connectivity index (χ4n) is 0.958. The predicted molar refractivity (Wildman–Crippen MR) is 79.6 cm³/mol. The summed E-state index contributed by atoms with van der Waals surface area (Å²) in [5.74, 6) is -0.307. The highest BCUT2D eigenvalue weighted by molar-refractivity contribution is 6.74. The fraction of sp³-hybridized carbons (Fsp3) is 0.929. The van der Waals surface area contributed by atoms with E-state index in [9.17, 15) is 9.90 Å². The van der Waals surface area contributed by atoms with Crippen LogP contribution >= 0.6 is 0 Å². The van der Waals surface area contributed by atoms with E-state index >= 15 is 0 Å². The molecule has 19 heavy (non-hydrogen) atoms. The summed E-state index contributed by atoms with van der Waals surface area (Å²) < 4.78 is 10.9. The zero-order chi connectivity index (χ0) is 15.5. The summed E-state index contributed by atoms with van der Waals surface area (Å²) in [6.45, 7) is 16.2. The Morgan fingerprint density at radius 3 is 1.95 bits per heavy atom. The Morgan fingerprint density at radius 2 is 1.58 bits per heavy atom. The van der Waals surface area contributed by atoms with Gasteiger partial charge in [-0.1, -0.05) is 20.8 Å². The average Bonchev–Trinajstić information content (AvgIpc) is 2.20. The molecular weight excluding hydrogens is 260 g/mol. The largest absolute Gasteiger partial charge is 0.462 e. The number of rotatable bonds is 5. The van der Waals surface area contributed by atoms with E-state index in [4.69, 9.17) is 9.16 Å². The minimum absolute atomic E-state index is 0.00920. The van der Waals surface area contributed by atoms with Crippen molar-refractivity contribution in [3.05, 3.63) is 0 Å². The van der Waals surface area contributed by atoms with E-state index in [1.807, 2.05) is 0 Å². The Hall–Kier alpha value is -0.393. The molecule has 0 fully saturated rings. The summed E-state index contributed by atoms with van der Waals surface area (Å²) in [5, 5.41) is 9.92. The van der Waals surface area contributed by atoms with E-state index in [1.54, 1.807) is 20.8 Å². The smallest absolute Gasteiger partial charge is 0.311 e. The second kappa shape index (κ2) is 6.37. The van der Waals surface area contributed by atoms with Crippen LogP contribution in [0.5, 0.6) is 0 Å². The molecule has 114 valence electrons. The zero-order valence-corrected chi connectivity index (χ0v) is 14.7. The molecule has 0 amide bonds. The highest BCUT2D eigenvalue weighted by Gasteiger charge is 2.37. The maximum absolute atomic E-state index is 11.6. The van der Waals surface area contributed by atoms with Crippen LogP contribution in [-0.4, -0.2) is 38.7 Å². The molecule has 5 heteroatoms. The van der Waals surface area contributed by atoms with Gasteiger partial charge >= 0.3 is 5.97 Å². The number of aliphatic hydroxyl groups excluding tert-OH is 1. The Bertz CT molecular complexity index is 300. The van der Waals surface area contributed by atoms with Crippen LogP contribution in [0.25, 0.3) is 0 Å². The van der Waals surface area contributed by atoms with Crippen LogP contribution in [0.4, 0.5) is 0 Å². The van der Waals surface area contributed by atoms with E-state index in [1.165, 1.54) is 0 Å². The van der Waals surface area contributed by atoms with Crippen molar-refractivity contribution in [3.63, 3.8) is 0 Å². The molecule has 1 atom stereocenters. The second-order valence-corrected chi connectivity index (χ2v) is 12.4. The van der Waals surface area contributed by atoms with Crippen molar-refractivity contribution < 1.29 is 19.1 Å². The topological polar surface area (TPSA) is 55.8 Å². The fourth-order valence-corrected chi connectivity index (χ4v) is 2.00. The molecule has 4 nitrogen and oxygen atoms in total. The van der Waals surface area contributed by atoms with Crippen LogP contribution in [0, 0.1) is 5.41 Å². The summed E-state index contributed by atoms with van der Waals surface area (Å²) in [5.41, 5.74) is -0.542. The van der Waals surface area contributed by atoms with Crippen LogP contribution in [0.2, 0.25) is 18.1 Å². The van der Waals surface area contributed by atoms with Gasteiger partial charge in [0, 0.05) is 0 Å². The third-order valence-corrected chi connectivity index (χ3v) is 7.96. The van der Waals surface area contributed by atoms with Gasteiger partial charge in [0.15, 0.2) is 8.32 Å². The van der Waals surface area contributed by atoms with E-state index in [0.717, 1.165) is 0 Å². The van der Waals surface area contributed by atoms with Crippen LogP contribution < -0.4 is 0 Å². The molecule has 0 aromatic carbocycles. The molecule has 0 saturated heterocycles. The van der Waals surface area contributed by atoms with Gasteiger partial charge in [-0.15, -0.1) is 0 Å². The molecule has 0 aromatic heterocycles. The van der Waals surface area contributed by atoms with Crippen LogP contribution in [-0.2, 0) is 14.0 Å². The maximum Gasteiger partial charge on any atom is 0.311 e. The van der Waals surface area contributed by atoms with Gasteiger partial charge in [0.1, 0.15) is 12.7 Å². The number of ether oxygens (including phenoxy) is 1. The lowest BCUT2D eigenvalue weighted by atomic mass is 9.97. The van der Waals surface area contributed by atoms with Crippen molar-refractivity contribution in [1.29, 1.82) is 0 Å². The van der Waals surface area contributed by atoms with Crippen molar-refractivity contribution in [2.24, 2.45) is 5.41 Å². The Labute approximate surface area is 118 Å². The molecule has 0 bridgehead atoms. The standard InChI is InChI=1S/C14H30O4Si/c1-13(2,3)12(16)17-9-11(15)10-18-19(7,8)14(4,5)6/h11,15H,9-10H2,1-8H3/t11-/m1/s1. The van der Waals surface area contributed by atoms with Crippen LogP contribution in [0.3, 0.4) is 0 Å². The number of carbonyl (C=O) groups is 1. The summed E-state index contributed by atoms with van der Waals surface area (Å²) >= 11 is 0. The summed E-state index contributed by atoms with van der Waals surface area (Å²) in [6, 6.07) is 0. The quantitative estimate of drug-likeness (QED) is 0.625. The summed E-state index contributed by atoms with van der Waals surface area (Å²) in [7, 11) is -1.86. The van der Waals surface area contributed by atoms with Crippen LogP contribution in [0.15, 0.2) is 0 Å². The lowest BCUT2D eigenvalue weighted by molar-refractivity contribution is -0.156. The molecule has 1 N–H and O–H groups in total. The summed E-state index contributed by atoms with van der Waals surface area (Å²) in [6.07, 6.45) is -0.763. The number of esters is 1. The monoisotopic (exact) mass is 290 g/mol.